The predicted octanol–water partition coefficient (Wildman–Crippen LogP) is 1.10. The lowest BCUT2D eigenvalue weighted by atomic mass is 9.83. The van der Waals surface area contributed by atoms with E-state index in [1.807, 2.05) is 24.3 Å². The molecular formula is C21H20ClNO7. The molecule has 2 bridgehead atoms. The second-order valence-electron chi connectivity index (χ2n) is 7.72. The van der Waals surface area contributed by atoms with Gasteiger partial charge in [-0.1, -0.05) is 29.8 Å². The second-order valence-corrected chi connectivity index (χ2v) is 8.13. The lowest BCUT2D eigenvalue weighted by Crippen LogP contribution is -2.65. The number of aliphatic hydroxyl groups excluding tert-OH is 4. The molecule has 4 N–H and O–H groups in total. The van der Waals surface area contributed by atoms with Crippen LogP contribution in [-0.2, 0) is 21.7 Å². The summed E-state index contributed by atoms with van der Waals surface area (Å²) in [5, 5.41) is 41.6. The Morgan fingerprint density at radius 2 is 1.90 bits per heavy atom. The van der Waals surface area contributed by atoms with E-state index in [1.165, 1.54) is 0 Å². The summed E-state index contributed by atoms with van der Waals surface area (Å²) in [7, 11) is 0. The first-order valence-electron chi connectivity index (χ1n) is 9.51. The van der Waals surface area contributed by atoms with Crippen molar-refractivity contribution >= 4 is 22.7 Å². The van der Waals surface area contributed by atoms with Crippen LogP contribution >= 0.6 is 11.6 Å². The summed E-state index contributed by atoms with van der Waals surface area (Å²) in [6, 6.07) is 12.3. The molecule has 3 aromatic rings. The molecule has 5 atom stereocenters. The standard InChI is InChI=1S/C21H20ClNO7/c22-13-6-5-12(7-11(13)8-16-23-14-3-1-2-4-15(14)29-16)21-19(27)17(25)18(26)20(9-24,30-21)10-28-21/h1-7,17-19,24-27H,8-10H2/t17-,18-,19+,20-,21-/m0/s1. The first kappa shape index (κ1) is 19.9. The molecule has 2 saturated heterocycles. The fourth-order valence-electron chi connectivity index (χ4n) is 4.16. The van der Waals surface area contributed by atoms with Gasteiger partial charge in [0.2, 0.25) is 5.79 Å². The highest BCUT2D eigenvalue weighted by atomic mass is 35.5. The zero-order valence-corrected chi connectivity index (χ0v) is 16.5. The van der Waals surface area contributed by atoms with Crippen molar-refractivity contribution in [3.8, 4) is 0 Å². The Hall–Kier alpha value is -2.04. The van der Waals surface area contributed by atoms with Gasteiger partial charge in [-0.25, -0.2) is 4.98 Å². The lowest BCUT2D eigenvalue weighted by Gasteiger charge is -2.46. The molecule has 2 fully saturated rings. The molecular weight excluding hydrogens is 414 g/mol. The Labute approximate surface area is 176 Å². The maximum atomic E-state index is 10.7. The van der Waals surface area contributed by atoms with Gasteiger partial charge in [-0.3, -0.25) is 0 Å². The van der Waals surface area contributed by atoms with Gasteiger partial charge in [-0.05, 0) is 29.8 Å². The monoisotopic (exact) mass is 433 g/mol. The van der Waals surface area contributed by atoms with E-state index >= 15 is 0 Å². The van der Waals surface area contributed by atoms with E-state index in [4.69, 9.17) is 25.5 Å². The number of halogens is 1. The van der Waals surface area contributed by atoms with E-state index in [0.717, 1.165) is 5.52 Å². The number of ether oxygens (including phenoxy) is 2. The van der Waals surface area contributed by atoms with Crippen molar-refractivity contribution in [1.82, 2.24) is 4.98 Å². The third-order valence-electron chi connectivity index (χ3n) is 5.86. The van der Waals surface area contributed by atoms with Crippen molar-refractivity contribution in [2.45, 2.75) is 36.1 Å². The molecule has 0 aliphatic carbocycles. The summed E-state index contributed by atoms with van der Waals surface area (Å²) in [6.45, 7) is -0.773. The average Bonchev–Trinajstić information content (AvgIpc) is 3.34. The van der Waals surface area contributed by atoms with Crippen molar-refractivity contribution in [3.63, 3.8) is 0 Å². The zero-order valence-electron chi connectivity index (χ0n) is 15.7. The average molecular weight is 434 g/mol. The highest BCUT2D eigenvalue weighted by Crippen LogP contribution is 2.49. The smallest absolute Gasteiger partial charge is 0.225 e. The molecule has 0 saturated carbocycles. The van der Waals surface area contributed by atoms with Crippen molar-refractivity contribution in [2.24, 2.45) is 0 Å². The normalized spacial score (nSPS) is 33.3. The third kappa shape index (κ3) is 2.80. The highest BCUT2D eigenvalue weighted by Gasteiger charge is 2.67. The van der Waals surface area contributed by atoms with Crippen LogP contribution in [0.2, 0.25) is 5.02 Å². The largest absolute Gasteiger partial charge is 0.440 e. The van der Waals surface area contributed by atoms with E-state index in [-0.39, 0.29) is 13.0 Å². The molecule has 5 rings (SSSR count). The van der Waals surface area contributed by atoms with Gasteiger partial charge < -0.3 is 34.3 Å². The Morgan fingerprint density at radius 3 is 2.67 bits per heavy atom. The quantitative estimate of drug-likeness (QED) is 0.482. The number of oxazole rings is 1. The molecule has 0 unspecified atom stereocenters. The van der Waals surface area contributed by atoms with Crippen LogP contribution in [-0.4, -0.2) is 62.5 Å². The van der Waals surface area contributed by atoms with Gasteiger partial charge in [-0.2, -0.15) is 0 Å². The number of rotatable bonds is 4. The SMILES string of the molecule is OC[C@@]12CO[C@@](c3ccc(Cl)c(Cc4nc5ccccc5o4)c3)(O1)[C@H](O)[C@@H](O)[C@@H]2O. The van der Waals surface area contributed by atoms with Gasteiger partial charge in [0.25, 0.3) is 0 Å². The van der Waals surface area contributed by atoms with Gasteiger partial charge in [-0.15, -0.1) is 0 Å². The number of aromatic nitrogens is 1. The van der Waals surface area contributed by atoms with Crippen LogP contribution in [0.4, 0.5) is 0 Å². The Balaban J connectivity index is 1.53. The third-order valence-corrected chi connectivity index (χ3v) is 6.23. The number of para-hydroxylation sites is 2. The van der Waals surface area contributed by atoms with Gasteiger partial charge in [0, 0.05) is 10.6 Å². The maximum Gasteiger partial charge on any atom is 0.225 e. The molecule has 30 heavy (non-hydrogen) atoms. The predicted molar refractivity (Wildman–Crippen MR) is 105 cm³/mol. The minimum absolute atomic E-state index is 0.193. The number of hydrogen-bond donors (Lipinski definition) is 4. The van der Waals surface area contributed by atoms with Gasteiger partial charge >= 0.3 is 0 Å². The molecule has 3 heterocycles. The summed E-state index contributed by atoms with van der Waals surface area (Å²) < 4.78 is 17.4. The molecule has 0 spiro atoms. The highest BCUT2D eigenvalue weighted by molar-refractivity contribution is 6.31. The topological polar surface area (TPSA) is 125 Å². The van der Waals surface area contributed by atoms with Crippen molar-refractivity contribution in [3.05, 3.63) is 64.5 Å². The van der Waals surface area contributed by atoms with Gasteiger partial charge in [0.1, 0.15) is 29.4 Å². The summed E-state index contributed by atoms with van der Waals surface area (Å²) in [4.78, 5) is 4.45. The molecule has 158 valence electrons. The van der Waals surface area contributed by atoms with E-state index in [9.17, 15) is 20.4 Å². The Kier molecular flexibility index (Phi) is 4.64. The molecule has 2 aromatic carbocycles. The Morgan fingerprint density at radius 1 is 1.10 bits per heavy atom. The van der Waals surface area contributed by atoms with Crippen LogP contribution in [0.15, 0.2) is 46.9 Å². The molecule has 2 aliphatic rings. The molecule has 8 nitrogen and oxygen atoms in total. The Bertz CT molecular complexity index is 1070. The van der Waals surface area contributed by atoms with E-state index < -0.39 is 36.3 Å². The van der Waals surface area contributed by atoms with Crippen molar-refractivity contribution in [2.75, 3.05) is 13.2 Å². The number of aliphatic hydroxyl groups is 4. The number of benzene rings is 2. The van der Waals surface area contributed by atoms with E-state index in [1.54, 1.807) is 18.2 Å². The van der Waals surface area contributed by atoms with Crippen LogP contribution in [0.3, 0.4) is 0 Å². The lowest BCUT2D eigenvalue weighted by molar-refractivity contribution is -0.329. The number of nitrogens with zero attached hydrogens (tertiary/aromatic N) is 1. The zero-order chi connectivity index (χ0) is 21.1. The van der Waals surface area contributed by atoms with E-state index in [2.05, 4.69) is 4.98 Å². The molecule has 0 amide bonds. The van der Waals surface area contributed by atoms with Crippen LogP contribution in [0.25, 0.3) is 11.1 Å². The number of hydrogen-bond acceptors (Lipinski definition) is 8. The van der Waals surface area contributed by atoms with Crippen LogP contribution < -0.4 is 0 Å². The molecule has 1 aromatic heterocycles. The summed E-state index contributed by atoms with van der Waals surface area (Å²) in [5.41, 5.74) is 0.906. The van der Waals surface area contributed by atoms with Crippen LogP contribution in [0, 0.1) is 0 Å². The number of fused-ring (bicyclic) bond motifs is 3. The van der Waals surface area contributed by atoms with Crippen LogP contribution in [0.5, 0.6) is 0 Å². The summed E-state index contributed by atoms with van der Waals surface area (Å²) in [6.07, 6.45) is -4.36. The van der Waals surface area contributed by atoms with E-state index in [0.29, 0.717) is 27.6 Å². The molecule has 2 aliphatic heterocycles. The minimum atomic E-state index is -1.75. The first-order valence-corrected chi connectivity index (χ1v) is 9.89. The molecule has 9 heteroatoms. The first-order chi connectivity index (χ1) is 14.4. The van der Waals surface area contributed by atoms with Crippen molar-refractivity contribution < 1.29 is 34.3 Å². The summed E-state index contributed by atoms with van der Waals surface area (Å²) in [5.74, 6) is -1.28. The van der Waals surface area contributed by atoms with Gasteiger partial charge in [0.05, 0.1) is 19.6 Å². The second kappa shape index (κ2) is 7.00. The fourth-order valence-corrected chi connectivity index (χ4v) is 4.34. The van der Waals surface area contributed by atoms with Crippen molar-refractivity contribution in [1.29, 1.82) is 0 Å². The van der Waals surface area contributed by atoms with Crippen LogP contribution in [0.1, 0.15) is 17.0 Å². The maximum absolute atomic E-state index is 10.7. The minimum Gasteiger partial charge on any atom is -0.440 e. The van der Waals surface area contributed by atoms with Gasteiger partial charge in [0.15, 0.2) is 11.5 Å². The molecule has 0 radical (unpaired) electrons. The fraction of sp³-hybridized carbons (Fsp3) is 0.381. The summed E-state index contributed by atoms with van der Waals surface area (Å²) >= 11 is 6.38.